The van der Waals surface area contributed by atoms with Crippen molar-refractivity contribution in [1.29, 1.82) is 0 Å². The van der Waals surface area contributed by atoms with E-state index in [2.05, 4.69) is 6.92 Å². The molecule has 0 N–H and O–H groups in total. The molecule has 0 aromatic heterocycles. The Morgan fingerprint density at radius 2 is 1.73 bits per heavy atom. The van der Waals surface area contributed by atoms with Crippen LogP contribution in [0.4, 0.5) is 4.39 Å². The largest absolute Gasteiger partial charge is 0.342 e. The van der Waals surface area contributed by atoms with Gasteiger partial charge in [-0.05, 0) is 68.7 Å². The number of likely N-dealkylation sites (tertiary alicyclic amines) is 1. The molecule has 1 saturated heterocycles. The Balaban J connectivity index is 1.61. The van der Waals surface area contributed by atoms with Crippen molar-refractivity contribution in [1.82, 2.24) is 9.80 Å². The maximum atomic E-state index is 13.1. The number of rotatable bonds is 3. The van der Waals surface area contributed by atoms with E-state index >= 15 is 0 Å². The van der Waals surface area contributed by atoms with Gasteiger partial charge in [0.1, 0.15) is 5.82 Å². The normalized spacial score (nSPS) is 26.4. The average molecular weight is 360 g/mol. The van der Waals surface area contributed by atoms with Gasteiger partial charge < -0.3 is 9.80 Å². The zero-order valence-corrected chi connectivity index (χ0v) is 15.8. The summed E-state index contributed by atoms with van der Waals surface area (Å²) >= 11 is 0. The Morgan fingerprint density at radius 3 is 2.38 bits per heavy atom. The van der Waals surface area contributed by atoms with Gasteiger partial charge in [0.2, 0.25) is 5.91 Å². The summed E-state index contributed by atoms with van der Waals surface area (Å²) in [6.07, 6.45) is 6.19. The van der Waals surface area contributed by atoms with Gasteiger partial charge in [0.15, 0.2) is 0 Å². The van der Waals surface area contributed by atoms with Gasteiger partial charge >= 0.3 is 0 Å². The molecular weight excluding hydrogens is 331 g/mol. The average Bonchev–Trinajstić information content (AvgIpc) is 2.67. The van der Waals surface area contributed by atoms with E-state index in [1.165, 1.54) is 37.1 Å². The van der Waals surface area contributed by atoms with Crippen molar-refractivity contribution in [2.24, 2.45) is 11.8 Å². The maximum Gasteiger partial charge on any atom is 0.253 e. The Bertz CT molecular complexity index is 638. The minimum absolute atomic E-state index is 0.114. The summed E-state index contributed by atoms with van der Waals surface area (Å²) in [4.78, 5) is 29.3. The highest BCUT2D eigenvalue weighted by atomic mass is 19.1. The number of amides is 2. The minimum Gasteiger partial charge on any atom is -0.342 e. The molecule has 3 rings (SSSR count). The highest BCUT2D eigenvalue weighted by molar-refractivity contribution is 5.94. The molecule has 1 saturated carbocycles. The van der Waals surface area contributed by atoms with E-state index in [0.29, 0.717) is 24.7 Å². The Morgan fingerprint density at radius 1 is 1.08 bits per heavy atom. The van der Waals surface area contributed by atoms with Gasteiger partial charge in [0.05, 0.1) is 5.92 Å². The zero-order valence-electron chi connectivity index (χ0n) is 15.8. The van der Waals surface area contributed by atoms with Crippen LogP contribution in [0.3, 0.4) is 0 Å². The first-order chi connectivity index (χ1) is 12.5. The maximum absolute atomic E-state index is 13.1. The lowest BCUT2D eigenvalue weighted by Gasteiger charge is -2.38. The summed E-state index contributed by atoms with van der Waals surface area (Å²) in [5.41, 5.74) is 0.481. The molecule has 1 unspecified atom stereocenters. The number of benzene rings is 1. The fourth-order valence-corrected chi connectivity index (χ4v) is 4.24. The van der Waals surface area contributed by atoms with Crippen LogP contribution in [0.1, 0.15) is 55.8 Å². The van der Waals surface area contributed by atoms with Gasteiger partial charge in [0, 0.05) is 31.7 Å². The number of hydrogen-bond donors (Lipinski definition) is 0. The number of carbonyl (C=O) groups is 2. The smallest absolute Gasteiger partial charge is 0.253 e. The molecule has 1 aliphatic heterocycles. The van der Waals surface area contributed by atoms with Gasteiger partial charge in [-0.1, -0.05) is 6.92 Å². The summed E-state index contributed by atoms with van der Waals surface area (Å²) in [5.74, 6) is 0.334. The second-order valence-electron chi connectivity index (χ2n) is 7.96. The van der Waals surface area contributed by atoms with Gasteiger partial charge in [-0.2, -0.15) is 0 Å². The highest BCUT2D eigenvalue weighted by Crippen LogP contribution is 2.28. The van der Waals surface area contributed by atoms with E-state index < -0.39 is 0 Å². The quantitative estimate of drug-likeness (QED) is 0.824. The number of nitrogens with zero attached hydrogens (tertiary/aromatic N) is 2. The topological polar surface area (TPSA) is 40.6 Å². The number of piperidine rings is 1. The molecule has 1 heterocycles. The minimum atomic E-state index is -0.350. The van der Waals surface area contributed by atoms with Gasteiger partial charge in [0.25, 0.3) is 5.91 Å². The van der Waals surface area contributed by atoms with Crippen LogP contribution in [0.2, 0.25) is 0 Å². The molecule has 1 aromatic carbocycles. The Labute approximate surface area is 155 Å². The number of halogens is 1. The lowest BCUT2D eigenvalue weighted by Crippen LogP contribution is -2.48. The van der Waals surface area contributed by atoms with Crippen LogP contribution in [-0.4, -0.2) is 47.8 Å². The molecule has 1 atom stereocenters. The first kappa shape index (κ1) is 18.9. The summed E-state index contributed by atoms with van der Waals surface area (Å²) in [6.45, 7) is 3.39. The summed E-state index contributed by atoms with van der Waals surface area (Å²) in [6, 6.07) is 5.97. The molecule has 26 heavy (non-hydrogen) atoms. The predicted octanol–water partition coefficient (Wildman–Crippen LogP) is 3.72. The Kier molecular flexibility index (Phi) is 5.94. The molecule has 5 heteroatoms. The van der Waals surface area contributed by atoms with E-state index in [9.17, 15) is 14.0 Å². The highest BCUT2D eigenvalue weighted by Gasteiger charge is 2.33. The van der Waals surface area contributed by atoms with E-state index in [4.69, 9.17) is 0 Å². The van der Waals surface area contributed by atoms with Crippen molar-refractivity contribution in [3.8, 4) is 0 Å². The van der Waals surface area contributed by atoms with Gasteiger partial charge in [-0.25, -0.2) is 4.39 Å². The van der Waals surface area contributed by atoms with Crippen molar-refractivity contribution >= 4 is 11.8 Å². The van der Waals surface area contributed by atoms with E-state index in [-0.39, 0.29) is 23.5 Å². The van der Waals surface area contributed by atoms with Crippen molar-refractivity contribution in [3.63, 3.8) is 0 Å². The van der Waals surface area contributed by atoms with Crippen LogP contribution in [0.25, 0.3) is 0 Å². The molecule has 0 spiro atoms. The lowest BCUT2D eigenvalue weighted by atomic mass is 9.86. The molecule has 2 fully saturated rings. The fourth-order valence-electron chi connectivity index (χ4n) is 4.24. The molecule has 1 aromatic rings. The van der Waals surface area contributed by atoms with Crippen LogP contribution in [-0.2, 0) is 4.79 Å². The molecule has 0 bridgehead atoms. The van der Waals surface area contributed by atoms with Crippen LogP contribution >= 0.6 is 0 Å². The van der Waals surface area contributed by atoms with E-state index in [1.54, 1.807) is 4.90 Å². The van der Waals surface area contributed by atoms with Crippen molar-refractivity contribution in [2.45, 2.75) is 51.5 Å². The summed E-state index contributed by atoms with van der Waals surface area (Å²) < 4.78 is 13.1. The molecule has 142 valence electrons. The second kappa shape index (κ2) is 8.19. The van der Waals surface area contributed by atoms with Crippen LogP contribution in [0.5, 0.6) is 0 Å². The molecule has 2 amide bonds. The SMILES string of the molecule is CC1CCC(N(C)C(=O)C2CCCN(C(=O)c3ccc(F)cc3)C2)CC1. The molecule has 2 aliphatic rings. The lowest BCUT2D eigenvalue weighted by molar-refractivity contribution is -0.138. The van der Waals surface area contributed by atoms with Crippen molar-refractivity contribution in [2.75, 3.05) is 20.1 Å². The Hall–Kier alpha value is -1.91. The zero-order chi connectivity index (χ0) is 18.7. The van der Waals surface area contributed by atoms with Crippen LogP contribution in [0.15, 0.2) is 24.3 Å². The monoisotopic (exact) mass is 360 g/mol. The summed E-state index contributed by atoms with van der Waals surface area (Å²) in [5, 5.41) is 0. The van der Waals surface area contributed by atoms with E-state index in [1.807, 2.05) is 11.9 Å². The first-order valence-corrected chi connectivity index (χ1v) is 9.77. The third-order valence-corrected chi connectivity index (χ3v) is 6.03. The summed E-state index contributed by atoms with van der Waals surface area (Å²) in [7, 11) is 1.92. The second-order valence-corrected chi connectivity index (χ2v) is 7.96. The van der Waals surface area contributed by atoms with Gasteiger partial charge in [-0.3, -0.25) is 9.59 Å². The van der Waals surface area contributed by atoms with E-state index in [0.717, 1.165) is 31.6 Å². The third-order valence-electron chi connectivity index (χ3n) is 6.03. The van der Waals surface area contributed by atoms with Crippen LogP contribution in [0, 0.1) is 17.7 Å². The molecule has 0 radical (unpaired) electrons. The first-order valence-electron chi connectivity index (χ1n) is 9.77. The molecule has 1 aliphatic carbocycles. The predicted molar refractivity (Wildman–Crippen MR) is 99.2 cm³/mol. The molecule has 4 nitrogen and oxygen atoms in total. The van der Waals surface area contributed by atoms with Crippen LogP contribution < -0.4 is 0 Å². The van der Waals surface area contributed by atoms with Gasteiger partial charge in [-0.15, -0.1) is 0 Å². The third kappa shape index (κ3) is 4.25. The van der Waals surface area contributed by atoms with Crippen molar-refractivity contribution in [3.05, 3.63) is 35.6 Å². The molecular formula is C21H29FN2O2. The standard InChI is InChI=1S/C21H29FN2O2/c1-15-5-11-19(12-6-15)23(2)20(25)17-4-3-13-24(14-17)21(26)16-7-9-18(22)10-8-16/h7-10,15,17,19H,3-6,11-14H2,1-2H3. The fraction of sp³-hybridized carbons (Fsp3) is 0.619. The van der Waals surface area contributed by atoms with Crippen molar-refractivity contribution < 1.29 is 14.0 Å². The number of carbonyl (C=O) groups excluding carboxylic acids is 2. The number of hydrogen-bond acceptors (Lipinski definition) is 2.